The molecule has 4 N–H and O–H groups in total. The summed E-state index contributed by atoms with van der Waals surface area (Å²) >= 11 is 5.80. The van der Waals surface area contributed by atoms with Crippen LogP contribution < -0.4 is 15.2 Å². The zero-order chi connectivity index (χ0) is 19.6. The van der Waals surface area contributed by atoms with E-state index in [1.165, 1.54) is 24.3 Å². The van der Waals surface area contributed by atoms with E-state index in [0.29, 0.717) is 29.4 Å². The first-order valence-corrected chi connectivity index (χ1v) is 10.1. The first-order valence-electron chi connectivity index (χ1n) is 8.27. The Bertz CT molecular complexity index is 947. The third-order valence-electron chi connectivity index (χ3n) is 4.43. The molecule has 0 saturated heterocycles. The Kier molecular flexibility index (Phi) is 5.71. The summed E-state index contributed by atoms with van der Waals surface area (Å²) in [6.07, 6.45) is -0.781. The molecular weight excluding hydrogens is 392 g/mol. The maximum absolute atomic E-state index is 12.4. The van der Waals surface area contributed by atoms with E-state index < -0.39 is 22.0 Å². The van der Waals surface area contributed by atoms with Crippen LogP contribution in [0.3, 0.4) is 0 Å². The number of sulfonamides is 1. The highest BCUT2D eigenvalue weighted by Gasteiger charge is 2.25. The van der Waals surface area contributed by atoms with Gasteiger partial charge in [0.2, 0.25) is 10.0 Å². The van der Waals surface area contributed by atoms with Crippen molar-refractivity contribution in [2.75, 3.05) is 13.2 Å². The van der Waals surface area contributed by atoms with Gasteiger partial charge in [0.05, 0.1) is 11.5 Å². The van der Waals surface area contributed by atoms with Crippen molar-refractivity contribution in [1.82, 2.24) is 4.72 Å². The Morgan fingerprint density at radius 2 is 2.00 bits per heavy atom. The smallest absolute Gasteiger partial charge is 0.250 e. The average Bonchev–Trinajstić information content (AvgIpc) is 2.65. The molecule has 2 atom stereocenters. The molecule has 2 aromatic rings. The van der Waals surface area contributed by atoms with Crippen molar-refractivity contribution in [2.24, 2.45) is 5.73 Å². The van der Waals surface area contributed by atoms with Crippen molar-refractivity contribution in [1.29, 1.82) is 0 Å². The van der Waals surface area contributed by atoms with Gasteiger partial charge in [-0.3, -0.25) is 4.79 Å². The Hall–Kier alpha value is -2.13. The molecule has 1 heterocycles. The van der Waals surface area contributed by atoms with Crippen LogP contribution in [0, 0.1) is 0 Å². The van der Waals surface area contributed by atoms with Gasteiger partial charge < -0.3 is 15.6 Å². The van der Waals surface area contributed by atoms with Crippen LogP contribution in [0.2, 0.25) is 5.02 Å². The molecule has 0 fully saturated rings. The van der Waals surface area contributed by atoms with Crippen molar-refractivity contribution < 1.29 is 23.1 Å². The van der Waals surface area contributed by atoms with E-state index in [1.54, 1.807) is 18.2 Å². The number of carbonyl (C=O) groups is 1. The van der Waals surface area contributed by atoms with Crippen LogP contribution >= 0.6 is 11.6 Å². The minimum atomic E-state index is -3.66. The molecule has 0 aliphatic carbocycles. The molecule has 1 aliphatic heterocycles. The van der Waals surface area contributed by atoms with Gasteiger partial charge in [0.25, 0.3) is 5.91 Å². The predicted octanol–water partition coefficient (Wildman–Crippen LogP) is 1.70. The van der Waals surface area contributed by atoms with E-state index in [0.717, 1.165) is 5.56 Å². The maximum atomic E-state index is 12.4. The van der Waals surface area contributed by atoms with E-state index in [9.17, 15) is 18.3 Å². The SMILES string of the molecule is NC(=O)C(O)c1ccc2c(c1)OCCC2CNS(=O)(=O)c1ccc(Cl)cc1. The highest BCUT2D eigenvalue weighted by atomic mass is 35.5. The molecule has 1 amide bonds. The lowest BCUT2D eigenvalue weighted by Gasteiger charge is -2.27. The average molecular weight is 411 g/mol. The molecule has 2 aromatic carbocycles. The molecule has 0 spiro atoms. The molecule has 2 unspecified atom stereocenters. The van der Waals surface area contributed by atoms with Crippen LogP contribution in [0.4, 0.5) is 0 Å². The topological polar surface area (TPSA) is 119 Å². The predicted molar refractivity (Wildman–Crippen MR) is 100 cm³/mol. The molecule has 27 heavy (non-hydrogen) atoms. The lowest BCUT2D eigenvalue weighted by atomic mass is 9.91. The normalized spacial score (nSPS) is 17.6. The quantitative estimate of drug-likeness (QED) is 0.669. The van der Waals surface area contributed by atoms with Crippen LogP contribution in [0.15, 0.2) is 47.4 Å². The van der Waals surface area contributed by atoms with Gasteiger partial charge in [-0.2, -0.15) is 0 Å². The van der Waals surface area contributed by atoms with E-state index >= 15 is 0 Å². The summed E-state index contributed by atoms with van der Waals surface area (Å²) in [5.41, 5.74) is 6.26. The van der Waals surface area contributed by atoms with Crippen LogP contribution in [0.5, 0.6) is 5.75 Å². The van der Waals surface area contributed by atoms with E-state index in [-0.39, 0.29) is 17.4 Å². The number of nitrogens with one attached hydrogen (secondary N) is 1. The van der Waals surface area contributed by atoms with E-state index in [4.69, 9.17) is 22.1 Å². The van der Waals surface area contributed by atoms with Gasteiger partial charge in [-0.05, 0) is 47.9 Å². The number of hydrogen-bond donors (Lipinski definition) is 3. The zero-order valence-electron chi connectivity index (χ0n) is 14.3. The maximum Gasteiger partial charge on any atom is 0.250 e. The number of aliphatic hydroxyl groups is 1. The third-order valence-corrected chi connectivity index (χ3v) is 6.12. The summed E-state index contributed by atoms with van der Waals surface area (Å²) in [6, 6.07) is 10.8. The summed E-state index contributed by atoms with van der Waals surface area (Å²) in [6.45, 7) is 0.593. The fourth-order valence-electron chi connectivity index (χ4n) is 2.93. The number of hydrogen-bond acceptors (Lipinski definition) is 5. The third kappa shape index (κ3) is 4.41. The second-order valence-electron chi connectivity index (χ2n) is 6.24. The van der Waals surface area contributed by atoms with Crippen LogP contribution in [-0.2, 0) is 14.8 Å². The molecular formula is C18H19ClN2O5S. The van der Waals surface area contributed by atoms with Gasteiger partial charge in [0, 0.05) is 17.5 Å². The van der Waals surface area contributed by atoms with Crippen LogP contribution in [0.1, 0.15) is 29.6 Å². The summed E-state index contributed by atoms with van der Waals surface area (Å²) < 4.78 is 33.1. The number of amides is 1. The van der Waals surface area contributed by atoms with Gasteiger partial charge in [-0.1, -0.05) is 23.7 Å². The lowest BCUT2D eigenvalue weighted by molar-refractivity contribution is -0.126. The molecule has 0 saturated carbocycles. The zero-order valence-corrected chi connectivity index (χ0v) is 15.8. The molecule has 0 aromatic heterocycles. The lowest BCUT2D eigenvalue weighted by Crippen LogP contribution is -2.31. The van der Waals surface area contributed by atoms with Gasteiger partial charge >= 0.3 is 0 Å². The largest absolute Gasteiger partial charge is 0.493 e. The number of primary amides is 1. The Balaban J connectivity index is 1.76. The molecule has 9 heteroatoms. The molecule has 1 aliphatic rings. The van der Waals surface area contributed by atoms with E-state index in [2.05, 4.69) is 4.72 Å². The number of benzene rings is 2. The Labute approximate surface area is 162 Å². The first-order chi connectivity index (χ1) is 12.8. The number of ether oxygens (including phenoxy) is 1. The van der Waals surface area contributed by atoms with Crippen molar-refractivity contribution >= 4 is 27.5 Å². The van der Waals surface area contributed by atoms with Crippen LogP contribution in [0.25, 0.3) is 0 Å². The standard InChI is InChI=1S/C18H19ClN2O5S/c19-13-2-4-14(5-3-13)27(24,25)21-10-12-7-8-26-16-9-11(1-6-15(12)16)17(22)18(20)23/h1-6,9,12,17,21-22H,7-8,10H2,(H2,20,23). The molecule has 144 valence electrons. The molecule has 0 radical (unpaired) electrons. The van der Waals surface area contributed by atoms with Crippen molar-refractivity contribution in [3.63, 3.8) is 0 Å². The monoisotopic (exact) mass is 410 g/mol. The number of halogens is 1. The Morgan fingerprint density at radius 3 is 2.67 bits per heavy atom. The Morgan fingerprint density at radius 1 is 1.30 bits per heavy atom. The minimum absolute atomic E-state index is 0.101. The number of aliphatic hydroxyl groups excluding tert-OH is 1. The molecule has 7 nitrogen and oxygen atoms in total. The summed E-state index contributed by atoms with van der Waals surface area (Å²) in [4.78, 5) is 11.3. The molecule has 3 rings (SSSR count). The van der Waals surface area contributed by atoms with Gasteiger partial charge in [0.15, 0.2) is 6.10 Å². The minimum Gasteiger partial charge on any atom is -0.493 e. The number of fused-ring (bicyclic) bond motifs is 1. The number of rotatable bonds is 6. The first kappa shape index (κ1) is 19.6. The number of nitrogens with two attached hydrogens (primary N) is 1. The summed E-state index contributed by atoms with van der Waals surface area (Å²) in [5.74, 6) is -0.441. The van der Waals surface area contributed by atoms with Crippen molar-refractivity contribution in [3.05, 3.63) is 58.6 Å². The van der Waals surface area contributed by atoms with Crippen molar-refractivity contribution in [3.8, 4) is 5.75 Å². The summed E-state index contributed by atoms with van der Waals surface area (Å²) in [5, 5.41) is 10.2. The summed E-state index contributed by atoms with van der Waals surface area (Å²) in [7, 11) is -3.66. The van der Waals surface area contributed by atoms with Gasteiger partial charge in [-0.15, -0.1) is 0 Å². The molecule has 0 bridgehead atoms. The van der Waals surface area contributed by atoms with E-state index in [1.807, 2.05) is 0 Å². The fourth-order valence-corrected chi connectivity index (χ4v) is 4.14. The highest BCUT2D eigenvalue weighted by molar-refractivity contribution is 7.89. The van der Waals surface area contributed by atoms with Crippen molar-refractivity contribution in [2.45, 2.75) is 23.3 Å². The number of carbonyl (C=O) groups excluding carboxylic acids is 1. The van der Waals surface area contributed by atoms with Gasteiger partial charge in [-0.25, -0.2) is 13.1 Å². The highest BCUT2D eigenvalue weighted by Crippen LogP contribution is 2.35. The second-order valence-corrected chi connectivity index (χ2v) is 8.45. The second kappa shape index (κ2) is 7.85. The van der Waals surface area contributed by atoms with Gasteiger partial charge in [0.1, 0.15) is 5.75 Å². The van der Waals surface area contributed by atoms with Crippen LogP contribution in [-0.4, -0.2) is 32.6 Å². The fraction of sp³-hybridized carbons (Fsp3) is 0.278.